The maximum atomic E-state index is 12.0. The number of nitrogens with zero attached hydrogens (tertiary/aromatic N) is 4. The number of hydrogen-bond donors (Lipinski definition) is 4. The molecule has 12 aromatic rings. The second kappa shape index (κ2) is 53.8. The van der Waals surface area contributed by atoms with Crippen molar-refractivity contribution in [3.63, 3.8) is 0 Å². The molecule has 0 heterocycles. The maximum Gasteiger partial charge on any atom is 4.00 e. The van der Waals surface area contributed by atoms with Gasteiger partial charge in [0.05, 0.1) is 0 Å². The number of aromatic hydroxyl groups is 4. The van der Waals surface area contributed by atoms with Crippen molar-refractivity contribution in [2.45, 2.75) is 205 Å². The molecule has 666 valence electrons. The van der Waals surface area contributed by atoms with Gasteiger partial charge in [0.2, 0.25) is 0 Å². The normalized spacial score (nSPS) is 11.1. The van der Waals surface area contributed by atoms with E-state index in [2.05, 4.69) is 328 Å². The van der Waals surface area contributed by atoms with Crippen molar-refractivity contribution >= 4 is 0 Å². The molecule has 4 N–H and O–H groups in total. The molecule has 0 spiro atoms. The van der Waals surface area contributed by atoms with Gasteiger partial charge in [0, 0.05) is 85.7 Å². The minimum atomic E-state index is 0. The summed E-state index contributed by atoms with van der Waals surface area (Å²) in [5, 5.41) is 47.7. The Labute approximate surface area is 807 Å². The number of phenols is 4. The quantitative estimate of drug-likeness (QED) is 0.0285. The largest absolute Gasteiger partial charge is 4.00 e. The van der Waals surface area contributed by atoms with Gasteiger partial charge in [-0.05, 0) is 241 Å². The van der Waals surface area contributed by atoms with Crippen LogP contribution in [0.5, 0.6) is 23.0 Å². The molecule has 0 atom stereocenters. The van der Waals surface area contributed by atoms with Gasteiger partial charge >= 0.3 is 52.0 Å². The molecule has 12 rings (SSSR count). The molecule has 0 amide bonds. The van der Waals surface area contributed by atoms with Gasteiger partial charge in [-0.15, -0.1) is 48.5 Å². The molecule has 0 unspecified atom stereocenters. The van der Waals surface area contributed by atoms with E-state index in [0.29, 0.717) is 90.4 Å². The van der Waals surface area contributed by atoms with Crippen LogP contribution in [0.2, 0.25) is 0 Å². The Hall–Kier alpha value is -9.09. The zero-order valence-electron chi connectivity index (χ0n) is 81.3. The summed E-state index contributed by atoms with van der Waals surface area (Å²) in [7, 11) is 8.42. The Balaban J connectivity index is 0.000000337. The molecule has 0 bridgehead atoms. The van der Waals surface area contributed by atoms with Crippen LogP contribution >= 0.6 is 0 Å². The average molecular weight is 1950 g/mol. The summed E-state index contributed by atoms with van der Waals surface area (Å²) in [5.41, 5.74) is 31.4. The summed E-state index contributed by atoms with van der Waals surface area (Å²) < 4.78 is 0. The van der Waals surface area contributed by atoms with Gasteiger partial charge in [0.15, 0.2) is 0 Å². The fourth-order valence-electron chi connectivity index (χ4n) is 16.3. The standard InChI is InChI=1S/C45H62N2O2.C44H60N2O2.4C7H7.Hf.Zr/c1-28(2)36-15-13-16-37(29(3)4)42(36)40-25-32(9)23-34(44(40)48)19-20-47(22-21-46(11)12)27-35-24-33(10)26-41(45(35)49)43-38(30(5)6)17-14-18-39(43)31(7)8;1-12-33-15-13-16-36(28(2)3)41(33)39-25-31(8)23-34(43(39)47)19-20-46(22-21-45(10)11)27-35-24-32(9)26-40(44(35)48)42-37(29(4)5)17-14-18-38(42)30(6)7;4*1-7-5-3-2-4-6-7;;/h13-18,23-26,28-31,48-49H,19-22,27H2,1-12H3;13-18,23-26,28-30,47-48H,12,19-22,27H2,1-11H3;4*2-6H,1H2;;/q;;4*-1;2*+4. The number of hydrogen-bond acceptors (Lipinski definition) is 8. The molecule has 12 aromatic carbocycles. The summed E-state index contributed by atoms with van der Waals surface area (Å²) >= 11 is 0. The van der Waals surface area contributed by atoms with Crippen molar-refractivity contribution < 1.29 is 72.5 Å². The predicted octanol–water partition coefficient (Wildman–Crippen LogP) is 29.2. The zero-order valence-corrected chi connectivity index (χ0v) is 87.4. The molecule has 0 saturated heterocycles. The van der Waals surface area contributed by atoms with Gasteiger partial charge in [-0.2, -0.15) is 98.5 Å². The fourth-order valence-corrected chi connectivity index (χ4v) is 16.3. The summed E-state index contributed by atoms with van der Waals surface area (Å²) in [5.74, 6) is 3.93. The van der Waals surface area contributed by atoms with Crippen LogP contribution in [0.3, 0.4) is 0 Å². The van der Waals surface area contributed by atoms with E-state index in [9.17, 15) is 20.4 Å². The van der Waals surface area contributed by atoms with Gasteiger partial charge in [0.1, 0.15) is 23.0 Å². The van der Waals surface area contributed by atoms with Crippen LogP contribution in [0.4, 0.5) is 0 Å². The van der Waals surface area contributed by atoms with Gasteiger partial charge in [-0.3, -0.25) is 9.80 Å². The topological polar surface area (TPSA) is 93.9 Å². The van der Waals surface area contributed by atoms with E-state index in [-0.39, 0.29) is 52.0 Å². The van der Waals surface area contributed by atoms with E-state index in [1.54, 1.807) is 0 Å². The Morgan fingerprint density at radius 2 is 0.472 bits per heavy atom. The van der Waals surface area contributed by atoms with Crippen molar-refractivity contribution in [3.8, 4) is 67.5 Å². The number of phenolic OH excluding ortho intramolecular Hbond substituents is 4. The van der Waals surface area contributed by atoms with Crippen LogP contribution in [0, 0.1) is 55.4 Å². The van der Waals surface area contributed by atoms with Crippen LogP contribution in [-0.2, 0) is 84.4 Å². The molecule has 0 saturated carbocycles. The third-order valence-corrected chi connectivity index (χ3v) is 23.0. The number of benzene rings is 12. The maximum absolute atomic E-state index is 12.0. The monoisotopic (exact) mass is 1950 g/mol. The first-order valence-corrected chi connectivity index (χ1v) is 45.4. The van der Waals surface area contributed by atoms with E-state index < -0.39 is 0 Å². The molecule has 127 heavy (non-hydrogen) atoms. The zero-order chi connectivity index (χ0) is 91.9. The first-order valence-electron chi connectivity index (χ1n) is 45.4. The van der Waals surface area contributed by atoms with Crippen molar-refractivity contribution in [1.29, 1.82) is 0 Å². The molecule has 0 aromatic heterocycles. The third kappa shape index (κ3) is 32.8. The van der Waals surface area contributed by atoms with Crippen LogP contribution in [0.15, 0.2) is 243 Å². The Bertz CT molecular complexity index is 5060. The van der Waals surface area contributed by atoms with Crippen molar-refractivity contribution in [1.82, 2.24) is 19.6 Å². The summed E-state index contributed by atoms with van der Waals surface area (Å²) in [6.07, 6.45) is 2.34. The minimum absolute atomic E-state index is 0. The SMILES string of the molecule is CCc1cccc(C(C)C)c1-c1cc(C)cc(CCN(CCN(C)C)Cc2cc(C)cc(-c3c(C(C)C)cccc3C(C)C)c2O)c1O.Cc1cc(CCN(CCN(C)C)Cc2cc(C)cc(-c3c(C(C)C)cccc3C(C)C)c2O)c(O)c(-c2c(C(C)C)cccc2C(C)C)c1.[CH2-]c1ccccc1.[CH2-]c1ccccc1.[CH2-]c1ccccc1.[CH2-]c1ccccc1.[Hf+4].[Zr+4]. The molecule has 0 aliphatic carbocycles. The van der Waals surface area contributed by atoms with Crippen LogP contribution in [0.25, 0.3) is 44.5 Å². The first kappa shape index (κ1) is 108. The van der Waals surface area contributed by atoms with E-state index in [0.717, 1.165) is 135 Å². The van der Waals surface area contributed by atoms with Crippen LogP contribution < -0.4 is 0 Å². The molecule has 0 radical (unpaired) electrons. The van der Waals surface area contributed by atoms with Crippen molar-refractivity contribution in [2.24, 2.45) is 0 Å². The third-order valence-electron chi connectivity index (χ3n) is 23.0. The van der Waals surface area contributed by atoms with Gasteiger partial charge in [-0.25, -0.2) is 0 Å². The fraction of sp³-hybridized carbons (Fsp3) is 0.350. The number of aryl methyl sites for hydroxylation is 5. The number of likely N-dealkylation sites (N-methyl/N-ethyl adjacent to an activating group) is 2. The first-order chi connectivity index (χ1) is 59.4. The molecule has 0 fully saturated rings. The van der Waals surface area contributed by atoms with E-state index in [1.165, 1.54) is 66.8 Å². The molecular weight excluding hydrogens is 1800 g/mol. The Morgan fingerprint density at radius 3 is 0.685 bits per heavy atom. The second-order valence-electron chi connectivity index (χ2n) is 36.6. The molecule has 0 aliphatic rings. The van der Waals surface area contributed by atoms with Crippen LogP contribution in [-0.4, -0.2) is 107 Å². The smallest absolute Gasteiger partial charge is 0.507 e. The summed E-state index contributed by atoms with van der Waals surface area (Å²) in [6.45, 7) is 63.1. The predicted molar refractivity (Wildman–Crippen MR) is 540 cm³/mol. The van der Waals surface area contributed by atoms with Crippen molar-refractivity contribution in [2.75, 3.05) is 67.5 Å². The van der Waals surface area contributed by atoms with E-state index in [1.807, 2.05) is 121 Å². The molecular formula is C117H150HfN4O4Zr+4. The second-order valence-corrected chi connectivity index (χ2v) is 36.6. The van der Waals surface area contributed by atoms with Crippen LogP contribution in [0.1, 0.15) is 257 Å². The van der Waals surface area contributed by atoms with Gasteiger partial charge in [0.25, 0.3) is 0 Å². The minimum Gasteiger partial charge on any atom is -0.507 e. The number of rotatable bonds is 28. The summed E-state index contributed by atoms with van der Waals surface area (Å²) in [6, 6.07) is 83.0. The molecule has 8 nitrogen and oxygen atoms in total. The molecule has 10 heteroatoms. The molecule has 0 aliphatic heterocycles. The Kier molecular flexibility index (Phi) is 45.9. The summed E-state index contributed by atoms with van der Waals surface area (Å²) in [4.78, 5) is 9.27. The van der Waals surface area contributed by atoms with E-state index >= 15 is 0 Å². The van der Waals surface area contributed by atoms with Gasteiger partial charge < -0.3 is 30.2 Å². The average Bonchev–Trinajstić information content (AvgIpc) is 0.789. The van der Waals surface area contributed by atoms with E-state index in [4.69, 9.17) is 0 Å². The van der Waals surface area contributed by atoms with Crippen molar-refractivity contribution in [3.05, 3.63) is 382 Å². The van der Waals surface area contributed by atoms with Gasteiger partial charge in [-0.1, -0.05) is 225 Å². The Morgan fingerprint density at radius 1 is 0.260 bits per heavy atom.